The normalized spacial score (nSPS) is 13.3. The molecule has 0 aromatic heterocycles. The molecule has 2 aromatic carbocycles. The van der Waals surface area contributed by atoms with Gasteiger partial charge in [0.15, 0.2) is 0 Å². The lowest BCUT2D eigenvalue weighted by atomic mass is 9.87. The van der Waals surface area contributed by atoms with Gasteiger partial charge in [-0.15, -0.1) is 0 Å². The topological polar surface area (TPSA) is 95.9 Å². The second-order valence-electron chi connectivity index (χ2n) is 6.44. The number of hydrogen-bond donors (Lipinski definition) is 3. The fraction of sp³-hybridized carbons (Fsp3) is 0.300. The summed E-state index contributed by atoms with van der Waals surface area (Å²) in [7, 11) is 0. The molecule has 1 atom stereocenters. The molecule has 6 nitrogen and oxygen atoms in total. The second kappa shape index (κ2) is 10.2. The van der Waals surface area contributed by atoms with Crippen molar-refractivity contribution in [3.05, 3.63) is 64.2 Å². The zero-order valence-corrected chi connectivity index (χ0v) is 16.3. The number of carboxylic acids is 1. The molecular weight excluding hydrogens is 427 g/mol. The van der Waals surface area contributed by atoms with E-state index in [2.05, 4.69) is 6.07 Å². The zero-order valence-electron chi connectivity index (χ0n) is 15.6. The van der Waals surface area contributed by atoms with E-state index < -0.39 is 24.8 Å². The summed E-state index contributed by atoms with van der Waals surface area (Å²) < 4.78 is 38.8. The number of halogens is 4. The van der Waals surface area contributed by atoms with Gasteiger partial charge in [-0.25, -0.2) is 4.79 Å². The van der Waals surface area contributed by atoms with Crippen LogP contribution in [0.15, 0.2) is 42.5 Å². The summed E-state index contributed by atoms with van der Waals surface area (Å²) in [4.78, 5) is 20.6. The van der Waals surface area contributed by atoms with Crippen molar-refractivity contribution < 1.29 is 37.7 Å². The minimum atomic E-state index is -4.46. The van der Waals surface area contributed by atoms with Crippen LogP contribution in [0.2, 0.25) is 5.02 Å². The highest BCUT2D eigenvalue weighted by atomic mass is 35.5. The Morgan fingerprint density at radius 3 is 2.27 bits per heavy atom. The number of aliphatic carboxylic acids is 1. The molecule has 3 rings (SSSR count). The van der Waals surface area contributed by atoms with Crippen molar-refractivity contribution in [2.75, 3.05) is 13.2 Å². The summed E-state index contributed by atoms with van der Waals surface area (Å²) in [5.74, 6) is -0.0821. The molecule has 1 heterocycles. The number of benzene rings is 2. The van der Waals surface area contributed by atoms with Crippen molar-refractivity contribution in [2.45, 2.75) is 24.9 Å². The maximum absolute atomic E-state index is 11.2. The average Bonchev–Trinajstić information content (AvgIpc) is 3.13. The van der Waals surface area contributed by atoms with E-state index in [0.717, 1.165) is 28.9 Å². The highest BCUT2D eigenvalue weighted by Gasteiger charge is 2.27. The standard InChI is InChI=1S/C17H15ClO3.C3H4F3NO2/c18-14-4-1-11(2-5-14)15(10-17(19)20)12-3-6-16-13(9-12)7-8-21-16;4-3(5,6)1-7-2(8)9/h1-6,9,15H,7-8,10H2,(H,19,20);7H,1H2,(H,8,9). The van der Waals surface area contributed by atoms with E-state index in [1.54, 1.807) is 12.1 Å². The van der Waals surface area contributed by atoms with Gasteiger partial charge in [-0.3, -0.25) is 4.79 Å². The van der Waals surface area contributed by atoms with E-state index in [1.807, 2.05) is 24.3 Å². The Kier molecular flexibility index (Phi) is 7.93. The molecule has 0 saturated heterocycles. The first-order valence-corrected chi connectivity index (χ1v) is 9.19. The fourth-order valence-corrected chi connectivity index (χ4v) is 3.02. The number of carbonyl (C=O) groups is 2. The number of amides is 1. The third-order valence-corrected chi connectivity index (χ3v) is 4.46. The second-order valence-corrected chi connectivity index (χ2v) is 6.88. The summed E-state index contributed by atoms with van der Waals surface area (Å²) in [6.07, 6.45) is -5.20. The van der Waals surface area contributed by atoms with Crippen LogP contribution >= 0.6 is 11.6 Å². The molecule has 30 heavy (non-hydrogen) atoms. The maximum atomic E-state index is 11.2. The first-order chi connectivity index (χ1) is 14.0. The molecule has 10 heteroatoms. The fourth-order valence-electron chi connectivity index (χ4n) is 2.90. The highest BCUT2D eigenvalue weighted by Crippen LogP contribution is 2.34. The summed E-state index contributed by atoms with van der Waals surface area (Å²) in [5.41, 5.74) is 3.11. The summed E-state index contributed by atoms with van der Waals surface area (Å²) in [6, 6.07) is 13.3. The lowest BCUT2D eigenvalue weighted by molar-refractivity contribution is -0.137. The van der Waals surface area contributed by atoms with Crippen LogP contribution < -0.4 is 10.1 Å². The van der Waals surface area contributed by atoms with E-state index >= 15 is 0 Å². The maximum Gasteiger partial charge on any atom is 0.405 e. The van der Waals surface area contributed by atoms with Crippen LogP contribution in [-0.2, 0) is 11.2 Å². The third kappa shape index (κ3) is 7.47. The number of fused-ring (bicyclic) bond motifs is 1. The first kappa shape index (κ1) is 23.3. The molecule has 3 N–H and O–H groups in total. The van der Waals surface area contributed by atoms with Crippen molar-refractivity contribution in [1.82, 2.24) is 5.32 Å². The van der Waals surface area contributed by atoms with Gasteiger partial charge in [0.05, 0.1) is 13.0 Å². The third-order valence-electron chi connectivity index (χ3n) is 4.21. The number of alkyl halides is 3. The molecule has 0 saturated carbocycles. The van der Waals surface area contributed by atoms with E-state index in [1.165, 1.54) is 5.32 Å². The Hall–Kier alpha value is -2.94. The van der Waals surface area contributed by atoms with Crippen molar-refractivity contribution in [2.24, 2.45) is 0 Å². The molecule has 0 bridgehead atoms. The number of carboxylic acid groups (broad SMARTS) is 2. The molecule has 0 radical (unpaired) electrons. The van der Waals surface area contributed by atoms with Gasteiger partial charge in [-0.1, -0.05) is 35.9 Å². The van der Waals surface area contributed by atoms with Crippen LogP contribution in [0, 0.1) is 0 Å². The van der Waals surface area contributed by atoms with Gasteiger partial charge >= 0.3 is 18.2 Å². The van der Waals surface area contributed by atoms with Crippen molar-refractivity contribution in [3.8, 4) is 5.75 Å². The molecule has 2 aromatic rings. The Labute approximate surface area is 175 Å². The first-order valence-electron chi connectivity index (χ1n) is 8.81. The van der Waals surface area contributed by atoms with Crippen LogP contribution in [0.5, 0.6) is 5.75 Å². The van der Waals surface area contributed by atoms with Crippen LogP contribution in [0.3, 0.4) is 0 Å². The lowest BCUT2D eigenvalue weighted by Gasteiger charge is -2.17. The SMILES string of the molecule is O=C(O)CC(c1ccc(Cl)cc1)c1ccc2c(c1)CCO2.O=C(O)NCC(F)(F)F. The van der Waals surface area contributed by atoms with E-state index in [4.69, 9.17) is 21.4 Å². The van der Waals surface area contributed by atoms with Crippen LogP contribution in [0.4, 0.5) is 18.0 Å². The molecule has 1 aliphatic rings. The predicted molar refractivity (Wildman–Crippen MR) is 103 cm³/mol. The molecular formula is C20H19ClF3NO5. The van der Waals surface area contributed by atoms with Crippen LogP contribution in [0.1, 0.15) is 29.0 Å². The van der Waals surface area contributed by atoms with Gasteiger partial charge in [-0.2, -0.15) is 13.2 Å². The summed E-state index contributed by atoms with van der Waals surface area (Å²) in [5, 5.41) is 18.7. The Morgan fingerprint density at radius 1 is 1.10 bits per heavy atom. The summed E-state index contributed by atoms with van der Waals surface area (Å²) in [6.45, 7) is -0.800. The highest BCUT2D eigenvalue weighted by molar-refractivity contribution is 6.30. The van der Waals surface area contributed by atoms with Crippen molar-refractivity contribution in [3.63, 3.8) is 0 Å². The van der Waals surface area contributed by atoms with Gasteiger partial charge < -0.3 is 20.3 Å². The number of ether oxygens (including phenoxy) is 1. The van der Waals surface area contributed by atoms with Crippen LogP contribution in [-0.4, -0.2) is 41.6 Å². The number of nitrogens with one attached hydrogen (secondary N) is 1. The van der Waals surface area contributed by atoms with E-state index in [0.29, 0.717) is 11.6 Å². The summed E-state index contributed by atoms with van der Waals surface area (Å²) >= 11 is 5.91. The number of hydrogen-bond acceptors (Lipinski definition) is 3. The monoisotopic (exact) mass is 445 g/mol. The van der Waals surface area contributed by atoms with E-state index in [-0.39, 0.29) is 12.3 Å². The molecule has 0 spiro atoms. The Morgan fingerprint density at radius 2 is 1.73 bits per heavy atom. The largest absolute Gasteiger partial charge is 0.493 e. The van der Waals surface area contributed by atoms with Gasteiger partial charge in [0.25, 0.3) is 0 Å². The van der Waals surface area contributed by atoms with Gasteiger partial charge in [0, 0.05) is 17.4 Å². The number of rotatable bonds is 5. The lowest BCUT2D eigenvalue weighted by Crippen LogP contribution is -2.32. The minimum Gasteiger partial charge on any atom is -0.493 e. The Balaban J connectivity index is 0.000000303. The van der Waals surface area contributed by atoms with Gasteiger partial charge in [-0.05, 0) is 34.9 Å². The van der Waals surface area contributed by atoms with Crippen molar-refractivity contribution >= 4 is 23.7 Å². The van der Waals surface area contributed by atoms with Gasteiger partial charge in [0.1, 0.15) is 12.3 Å². The smallest absolute Gasteiger partial charge is 0.405 e. The Bertz CT molecular complexity index is 887. The minimum absolute atomic E-state index is 0.0568. The molecule has 1 amide bonds. The van der Waals surface area contributed by atoms with Crippen LogP contribution in [0.25, 0.3) is 0 Å². The van der Waals surface area contributed by atoms with Gasteiger partial charge in [0.2, 0.25) is 0 Å². The molecule has 0 fully saturated rings. The molecule has 0 aliphatic carbocycles. The molecule has 1 unspecified atom stereocenters. The molecule has 162 valence electrons. The van der Waals surface area contributed by atoms with E-state index in [9.17, 15) is 27.9 Å². The quantitative estimate of drug-likeness (QED) is 0.620. The zero-order chi connectivity index (χ0) is 22.3. The predicted octanol–water partition coefficient (Wildman–Crippen LogP) is 4.70. The van der Waals surface area contributed by atoms with Crippen molar-refractivity contribution in [1.29, 1.82) is 0 Å². The molecule has 1 aliphatic heterocycles. The average molecular weight is 446 g/mol.